The van der Waals surface area contributed by atoms with Crippen LogP contribution in [0.25, 0.3) is 11.3 Å². The van der Waals surface area contributed by atoms with Crippen LogP contribution in [0.3, 0.4) is 0 Å². The van der Waals surface area contributed by atoms with Crippen LogP contribution in [0.1, 0.15) is 12.7 Å². The maximum atomic E-state index is 13.2. The molecule has 1 aromatic heterocycles. The van der Waals surface area contributed by atoms with Gasteiger partial charge in [-0.3, -0.25) is 0 Å². The van der Waals surface area contributed by atoms with E-state index in [-0.39, 0.29) is 5.56 Å². The van der Waals surface area contributed by atoms with Gasteiger partial charge in [0.25, 0.3) is 0 Å². The van der Waals surface area contributed by atoms with Gasteiger partial charge in [-0.05, 0) is 12.1 Å². The molecule has 19 heavy (non-hydrogen) atoms. The molecule has 2 rings (SSSR count). The summed E-state index contributed by atoms with van der Waals surface area (Å²) in [6.07, 6.45) is 0.578. The highest BCUT2D eigenvalue weighted by molar-refractivity contribution is 5.62. The normalized spacial score (nSPS) is 10.6. The number of aromatic nitrogens is 2. The molecular weight excluding hydrogens is 255 g/mol. The highest BCUT2D eigenvalue weighted by Crippen LogP contribution is 2.24. The molecule has 0 saturated heterocycles. The molecule has 0 aliphatic rings. The fraction of sp³-hybridized carbons (Fsp3) is 0.231. The third-order valence-electron chi connectivity index (χ3n) is 2.62. The number of anilines is 1. The maximum Gasteiger partial charge on any atom is 0.194 e. The highest BCUT2D eigenvalue weighted by Gasteiger charge is 2.13. The van der Waals surface area contributed by atoms with E-state index in [0.29, 0.717) is 23.8 Å². The Morgan fingerprint density at radius 3 is 2.21 bits per heavy atom. The molecule has 0 unspecified atom stereocenters. The Hall–Kier alpha value is -2.11. The van der Waals surface area contributed by atoms with Crippen molar-refractivity contribution in [2.75, 3.05) is 12.4 Å². The summed E-state index contributed by atoms with van der Waals surface area (Å²) in [7, 11) is 1.68. The lowest BCUT2D eigenvalue weighted by Gasteiger charge is -2.07. The Balaban J connectivity index is 2.58. The minimum atomic E-state index is -1.48. The van der Waals surface area contributed by atoms with Crippen LogP contribution in [0.15, 0.2) is 18.2 Å². The van der Waals surface area contributed by atoms with Crippen molar-refractivity contribution >= 4 is 5.82 Å². The van der Waals surface area contributed by atoms with E-state index in [1.807, 2.05) is 6.92 Å². The summed E-state index contributed by atoms with van der Waals surface area (Å²) in [6, 6.07) is 3.38. The number of nitrogens with one attached hydrogen (secondary N) is 1. The summed E-state index contributed by atoms with van der Waals surface area (Å²) in [5.41, 5.74) is 0.513. The second kappa shape index (κ2) is 5.26. The average molecular weight is 267 g/mol. The molecule has 0 saturated carbocycles. The summed E-state index contributed by atoms with van der Waals surface area (Å²) in [5, 5.41) is 2.84. The molecule has 1 aromatic carbocycles. The molecule has 2 aromatic rings. The molecule has 0 aliphatic heterocycles. The lowest BCUT2D eigenvalue weighted by molar-refractivity contribution is 0.447. The van der Waals surface area contributed by atoms with Gasteiger partial charge >= 0.3 is 0 Å². The monoisotopic (exact) mass is 267 g/mol. The van der Waals surface area contributed by atoms with E-state index in [9.17, 15) is 13.2 Å². The zero-order valence-electron chi connectivity index (χ0n) is 10.5. The van der Waals surface area contributed by atoms with Gasteiger partial charge in [0.1, 0.15) is 11.6 Å². The third-order valence-corrected chi connectivity index (χ3v) is 2.62. The van der Waals surface area contributed by atoms with Gasteiger partial charge in [0.05, 0.1) is 5.69 Å². The molecule has 0 atom stereocenters. The number of aryl methyl sites for hydroxylation is 1. The molecule has 0 aliphatic carbocycles. The molecular formula is C13H12F3N3. The smallest absolute Gasteiger partial charge is 0.194 e. The summed E-state index contributed by atoms with van der Waals surface area (Å²) < 4.78 is 39.4. The first kappa shape index (κ1) is 13.3. The van der Waals surface area contributed by atoms with Crippen molar-refractivity contribution in [3.63, 3.8) is 0 Å². The van der Waals surface area contributed by atoms with Crippen LogP contribution < -0.4 is 5.32 Å². The number of hydrogen-bond acceptors (Lipinski definition) is 3. The van der Waals surface area contributed by atoms with E-state index in [2.05, 4.69) is 15.3 Å². The van der Waals surface area contributed by atoms with Crippen LogP contribution >= 0.6 is 0 Å². The molecule has 1 N–H and O–H groups in total. The first-order valence-electron chi connectivity index (χ1n) is 5.75. The lowest BCUT2D eigenvalue weighted by Crippen LogP contribution is -2.01. The Bertz CT molecular complexity index is 569. The summed E-state index contributed by atoms with van der Waals surface area (Å²) in [4.78, 5) is 8.35. The molecule has 0 amide bonds. The van der Waals surface area contributed by atoms with Gasteiger partial charge in [-0.2, -0.15) is 0 Å². The number of rotatable bonds is 3. The Morgan fingerprint density at radius 2 is 1.68 bits per heavy atom. The quantitative estimate of drug-likeness (QED) is 0.868. The van der Waals surface area contributed by atoms with E-state index in [1.165, 1.54) is 0 Å². The summed E-state index contributed by atoms with van der Waals surface area (Å²) >= 11 is 0. The summed E-state index contributed by atoms with van der Waals surface area (Å²) in [6.45, 7) is 1.87. The van der Waals surface area contributed by atoms with E-state index < -0.39 is 17.5 Å². The van der Waals surface area contributed by atoms with E-state index >= 15 is 0 Å². The van der Waals surface area contributed by atoms with E-state index in [4.69, 9.17) is 0 Å². The van der Waals surface area contributed by atoms with Gasteiger partial charge < -0.3 is 5.32 Å². The number of hydrogen-bond donors (Lipinski definition) is 1. The first-order chi connectivity index (χ1) is 9.05. The van der Waals surface area contributed by atoms with Gasteiger partial charge in [-0.1, -0.05) is 6.92 Å². The van der Waals surface area contributed by atoms with Gasteiger partial charge in [-0.25, -0.2) is 23.1 Å². The summed E-state index contributed by atoms with van der Waals surface area (Å²) in [5.74, 6) is -2.89. The van der Waals surface area contributed by atoms with Crippen LogP contribution in [0.5, 0.6) is 0 Å². The molecule has 0 spiro atoms. The molecule has 0 radical (unpaired) electrons. The third kappa shape index (κ3) is 2.67. The molecule has 0 fully saturated rings. The minimum absolute atomic E-state index is 0.171. The zero-order chi connectivity index (χ0) is 14.0. The Kier molecular flexibility index (Phi) is 3.69. The van der Waals surface area contributed by atoms with Crippen LogP contribution in [-0.4, -0.2) is 17.0 Å². The van der Waals surface area contributed by atoms with E-state index in [0.717, 1.165) is 12.1 Å². The predicted octanol–water partition coefficient (Wildman–Crippen LogP) is 3.17. The second-order valence-corrected chi connectivity index (χ2v) is 3.91. The van der Waals surface area contributed by atoms with Crippen molar-refractivity contribution in [3.8, 4) is 11.3 Å². The lowest BCUT2D eigenvalue weighted by atomic mass is 10.1. The van der Waals surface area contributed by atoms with Crippen LogP contribution in [0.4, 0.5) is 19.0 Å². The minimum Gasteiger partial charge on any atom is -0.373 e. The SMILES string of the molecule is CCc1nc(NC)cc(-c2cc(F)c(F)c(F)c2)n1. The number of nitrogens with zero attached hydrogens (tertiary/aromatic N) is 2. The van der Waals surface area contributed by atoms with Gasteiger partial charge in [0, 0.05) is 25.1 Å². The molecule has 6 heteroatoms. The van der Waals surface area contributed by atoms with Crippen molar-refractivity contribution < 1.29 is 13.2 Å². The van der Waals surface area contributed by atoms with Crippen molar-refractivity contribution in [2.45, 2.75) is 13.3 Å². The van der Waals surface area contributed by atoms with Crippen molar-refractivity contribution in [3.05, 3.63) is 41.5 Å². The van der Waals surface area contributed by atoms with E-state index in [1.54, 1.807) is 13.1 Å². The van der Waals surface area contributed by atoms with Crippen molar-refractivity contribution in [1.29, 1.82) is 0 Å². The fourth-order valence-electron chi connectivity index (χ4n) is 1.63. The van der Waals surface area contributed by atoms with Gasteiger partial charge in [0.15, 0.2) is 17.5 Å². The topological polar surface area (TPSA) is 37.8 Å². The Morgan fingerprint density at radius 1 is 1.05 bits per heavy atom. The second-order valence-electron chi connectivity index (χ2n) is 3.91. The largest absolute Gasteiger partial charge is 0.373 e. The highest BCUT2D eigenvalue weighted by atomic mass is 19.2. The van der Waals surface area contributed by atoms with Crippen LogP contribution in [-0.2, 0) is 6.42 Å². The standard InChI is InChI=1S/C13H12F3N3/c1-3-11-18-10(6-12(17-2)19-11)7-4-8(14)13(16)9(15)5-7/h4-6H,3H2,1-2H3,(H,17,18,19). The molecule has 100 valence electrons. The molecule has 0 bridgehead atoms. The van der Waals surface area contributed by atoms with Crippen molar-refractivity contribution in [1.82, 2.24) is 9.97 Å². The first-order valence-corrected chi connectivity index (χ1v) is 5.75. The number of benzene rings is 1. The number of halogens is 3. The fourth-order valence-corrected chi connectivity index (χ4v) is 1.63. The van der Waals surface area contributed by atoms with Crippen LogP contribution in [0, 0.1) is 17.5 Å². The predicted molar refractivity (Wildman–Crippen MR) is 66.3 cm³/mol. The van der Waals surface area contributed by atoms with Gasteiger partial charge in [0.2, 0.25) is 0 Å². The molecule has 3 nitrogen and oxygen atoms in total. The zero-order valence-corrected chi connectivity index (χ0v) is 10.5. The maximum absolute atomic E-state index is 13.2. The Labute approximate surface area is 108 Å². The van der Waals surface area contributed by atoms with Crippen molar-refractivity contribution in [2.24, 2.45) is 0 Å². The van der Waals surface area contributed by atoms with Crippen LogP contribution in [0.2, 0.25) is 0 Å². The average Bonchev–Trinajstić information content (AvgIpc) is 2.43. The van der Waals surface area contributed by atoms with Gasteiger partial charge in [-0.15, -0.1) is 0 Å². The molecule has 1 heterocycles.